The van der Waals surface area contributed by atoms with Crippen LogP contribution >= 0.6 is 11.8 Å². The maximum Gasteiger partial charge on any atom is 0.243 e. The summed E-state index contributed by atoms with van der Waals surface area (Å²) in [5, 5.41) is 0.444. The number of morpholine rings is 1. The van der Waals surface area contributed by atoms with Gasteiger partial charge in [0.2, 0.25) is 10.0 Å². The highest BCUT2D eigenvalue weighted by molar-refractivity contribution is 7.98. The average Bonchev–Trinajstić information content (AvgIpc) is 3.50. The smallest absolute Gasteiger partial charge is 0.243 e. The zero-order chi connectivity index (χ0) is 24.6. The van der Waals surface area contributed by atoms with Crippen LogP contribution in [0.2, 0.25) is 0 Å². The van der Waals surface area contributed by atoms with Gasteiger partial charge in [0.25, 0.3) is 0 Å². The van der Waals surface area contributed by atoms with Gasteiger partial charge in [0.1, 0.15) is 5.82 Å². The van der Waals surface area contributed by atoms with Crippen LogP contribution < -0.4 is 0 Å². The van der Waals surface area contributed by atoms with E-state index in [-0.39, 0.29) is 35.4 Å². The van der Waals surface area contributed by atoms with Crippen LogP contribution in [-0.4, -0.2) is 61.3 Å². The summed E-state index contributed by atoms with van der Waals surface area (Å²) < 4.78 is 82.5. The van der Waals surface area contributed by atoms with Crippen molar-refractivity contribution in [3.8, 4) is 0 Å². The van der Waals surface area contributed by atoms with E-state index in [1.165, 1.54) is 10.4 Å². The third-order valence-corrected chi connectivity index (χ3v) is 9.08. The molecule has 35 heavy (non-hydrogen) atoms. The molecule has 0 radical (unpaired) electrons. The van der Waals surface area contributed by atoms with E-state index in [4.69, 9.17) is 9.47 Å². The summed E-state index contributed by atoms with van der Waals surface area (Å²) in [6, 6.07) is 6.40. The van der Waals surface area contributed by atoms with E-state index >= 15 is 0 Å². The summed E-state index contributed by atoms with van der Waals surface area (Å²) in [5.41, 5.74) is 0.755. The number of sulfonamides is 1. The number of hydrogen-bond acceptors (Lipinski definition) is 6. The van der Waals surface area contributed by atoms with Crippen molar-refractivity contribution in [3.05, 3.63) is 53.3 Å². The van der Waals surface area contributed by atoms with E-state index in [1.807, 2.05) is 4.57 Å². The van der Waals surface area contributed by atoms with E-state index in [1.54, 1.807) is 12.1 Å². The number of thioether (sulfide) groups is 1. The lowest BCUT2D eigenvalue weighted by Gasteiger charge is -2.26. The van der Waals surface area contributed by atoms with Crippen molar-refractivity contribution in [1.29, 1.82) is 0 Å². The predicted octanol–water partition coefficient (Wildman–Crippen LogP) is 3.95. The van der Waals surface area contributed by atoms with Crippen LogP contribution in [0.15, 0.2) is 40.4 Å². The highest BCUT2D eigenvalue weighted by Crippen LogP contribution is 2.32. The molecule has 2 fully saturated rings. The first-order valence-corrected chi connectivity index (χ1v) is 13.7. The molecule has 0 spiro atoms. The first kappa shape index (κ1) is 24.6. The van der Waals surface area contributed by atoms with Crippen LogP contribution in [0.4, 0.5) is 13.2 Å². The Hall–Kier alpha value is -2.12. The van der Waals surface area contributed by atoms with Gasteiger partial charge in [-0.2, -0.15) is 4.31 Å². The van der Waals surface area contributed by atoms with Crippen molar-refractivity contribution >= 4 is 32.8 Å². The SMILES string of the molecule is O=S(=O)(c1ccc2c(c1)nc(SCc1c(F)ccc(F)c1F)n2C[C@@H]1CCCO1)N1CCOCC1. The lowest BCUT2D eigenvalue weighted by Crippen LogP contribution is -2.40. The third kappa shape index (κ3) is 4.94. The van der Waals surface area contributed by atoms with Gasteiger partial charge in [0, 0.05) is 31.0 Å². The number of aromatic nitrogens is 2. The largest absolute Gasteiger partial charge is 0.379 e. The van der Waals surface area contributed by atoms with Gasteiger partial charge in [-0.15, -0.1) is 0 Å². The van der Waals surface area contributed by atoms with E-state index < -0.39 is 27.5 Å². The standard InChI is InChI=1S/C23H24F3N3O4S2/c24-18-4-5-19(25)22(26)17(18)14-34-23-27-20-12-16(35(30,31)28-7-10-32-11-8-28)3-6-21(20)29(23)13-15-2-1-9-33-15/h3-6,12,15H,1-2,7-11,13-14H2/t15-/m0/s1. The second kappa shape index (κ2) is 10.1. The summed E-state index contributed by atoms with van der Waals surface area (Å²) >= 11 is 1.06. The second-order valence-electron chi connectivity index (χ2n) is 8.42. The number of fused-ring (bicyclic) bond motifs is 1. The molecule has 2 aromatic carbocycles. The molecule has 3 heterocycles. The zero-order valence-electron chi connectivity index (χ0n) is 18.8. The number of hydrogen-bond donors (Lipinski definition) is 0. The maximum atomic E-state index is 14.2. The molecule has 0 N–H and O–H groups in total. The van der Waals surface area contributed by atoms with Gasteiger partial charge in [-0.3, -0.25) is 0 Å². The monoisotopic (exact) mass is 527 g/mol. The second-order valence-corrected chi connectivity index (χ2v) is 11.3. The molecular formula is C23H24F3N3O4S2. The van der Waals surface area contributed by atoms with Crippen LogP contribution in [-0.2, 0) is 31.8 Å². The Bertz CT molecular complexity index is 1340. The quantitative estimate of drug-likeness (QED) is 0.342. The highest BCUT2D eigenvalue weighted by atomic mass is 32.2. The van der Waals surface area contributed by atoms with E-state index in [2.05, 4.69) is 4.98 Å². The molecule has 2 saturated heterocycles. The fraction of sp³-hybridized carbons (Fsp3) is 0.435. The van der Waals surface area contributed by atoms with Crippen LogP contribution in [0.1, 0.15) is 18.4 Å². The topological polar surface area (TPSA) is 73.7 Å². The molecule has 2 aliphatic heterocycles. The Morgan fingerprint density at radius 3 is 2.57 bits per heavy atom. The molecule has 2 aliphatic rings. The lowest BCUT2D eigenvalue weighted by atomic mass is 10.2. The Morgan fingerprint density at radius 2 is 1.83 bits per heavy atom. The van der Waals surface area contributed by atoms with Crippen molar-refractivity contribution in [2.45, 2.75) is 41.3 Å². The minimum absolute atomic E-state index is 0.0499. The molecule has 0 bridgehead atoms. The Morgan fingerprint density at radius 1 is 1.06 bits per heavy atom. The van der Waals surface area contributed by atoms with Crippen molar-refractivity contribution in [1.82, 2.24) is 13.9 Å². The molecule has 1 aromatic heterocycles. The van der Waals surface area contributed by atoms with Gasteiger partial charge in [0.15, 0.2) is 16.8 Å². The third-order valence-electron chi connectivity index (χ3n) is 6.19. The highest BCUT2D eigenvalue weighted by Gasteiger charge is 2.28. The predicted molar refractivity (Wildman–Crippen MR) is 124 cm³/mol. The fourth-order valence-corrected chi connectivity index (χ4v) is 6.76. The number of halogens is 3. The van der Waals surface area contributed by atoms with Gasteiger partial charge in [-0.1, -0.05) is 11.8 Å². The van der Waals surface area contributed by atoms with Crippen LogP contribution in [0.25, 0.3) is 11.0 Å². The maximum absolute atomic E-state index is 14.2. The zero-order valence-corrected chi connectivity index (χ0v) is 20.4. The fourth-order valence-electron chi connectivity index (χ4n) is 4.30. The molecule has 0 saturated carbocycles. The molecule has 7 nitrogen and oxygen atoms in total. The van der Waals surface area contributed by atoms with Crippen LogP contribution in [0.5, 0.6) is 0 Å². The van der Waals surface area contributed by atoms with Crippen molar-refractivity contribution in [3.63, 3.8) is 0 Å². The van der Waals surface area contributed by atoms with E-state index in [9.17, 15) is 21.6 Å². The van der Waals surface area contributed by atoms with Crippen molar-refractivity contribution in [2.24, 2.45) is 0 Å². The van der Waals surface area contributed by atoms with Crippen LogP contribution in [0, 0.1) is 17.5 Å². The number of benzene rings is 2. The van der Waals surface area contributed by atoms with Crippen molar-refractivity contribution < 1.29 is 31.1 Å². The summed E-state index contributed by atoms with van der Waals surface area (Å²) in [4.78, 5) is 4.71. The molecule has 1 atom stereocenters. The average molecular weight is 528 g/mol. The molecular weight excluding hydrogens is 503 g/mol. The molecule has 3 aromatic rings. The Kier molecular flexibility index (Phi) is 7.09. The van der Waals surface area contributed by atoms with Gasteiger partial charge < -0.3 is 14.0 Å². The van der Waals surface area contributed by atoms with Crippen molar-refractivity contribution in [2.75, 3.05) is 32.9 Å². The molecule has 12 heteroatoms. The van der Waals surface area contributed by atoms with Gasteiger partial charge in [-0.05, 0) is 43.2 Å². The van der Waals surface area contributed by atoms with Crippen LogP contribution in [0.3, 0.4) is 0 Å². The number of nitrogens with zero attached hydrogens (tertiary/aromatic N) is 3. The summed E-state index contributed by atoms with van der Waals surface area (Å²) in [5.74, 6) is -3.36. The minimum atomic E-state index is -3.72. The van der Waals surface area contributed by atoms with Gasteiger partial charge >= 0.3 is 0 Å². The minimum Gasteiger partial charge on any atom is -0.379 e. The molecule has 188 valence electrons. The Labute approximate surface area is 205 Å². The lowest BCUT2D eigenvalue weighted by molar-refractivity contribution is 0.0730. The number of ether oxygens (including phenoxy) is 2. The summed E-state index contributed by atoms with van der Waals surface area (Å²) in [7, 11) is -3.72. The molecule has 5 rings (SSSR count). The molecule has 0 unspecified atom stereocenters. The molecule has 0 aliphatic carbocycles. The number of imidazole rings is 1. The summed E-state index contributed by atoms with van der Waals surface area (Å²) in [6.07, 6.45) is 1.74. The van der Waals surface area contributed by atoms with E-state index in [0.717, 1.165) is 36.7 Å². The Balaban J connectivity index is 1.50. The van der Waals surface area contributed by atoms with Gasteiger partial charge in [0.05, 0.1) is 41.8 Å². The normalized spacial score (nSPS) is 19.6. The first-order chi connectivity index (χ1) is 16.8. The first-order valence-electron chi connectivity index (χ1n) is 11.3. The number of rotatable bonds is 7. The molecule has 0 amide bonds. The summed E-state index contributed by atoms with van der Waals surface area (Å²) in [6.45, 7) is 2.35. The van der Waals surface area contributed by atoms with E-state index in [0.29, 0.717) is 42.6 Å². The van der Waals surface area contributed by atoms with Gasteiger partial charge in [-0.25, -0.2) is 26.6 Å².